The quantitative estimate of drug-likeness (QED) is 0.571. The second-order valence-electron chi connectivity index (χ2n) is 6.27. The lowest BCUT2D eigenvalue weighted by atomic mass is 10.1. The lowest BCUT2D eigenvalue weighted by Gasteiger charge is -2.12. The summed E-state index contributed by atoms with van der Waals surface area (Å²) in [6.45, 7) is 5.54. The van der Waals surface area contributed by atoms with E-state index in [0.717, 1.165) is 17.7 Å². The number of amides is 1. The van der Waals surface area contributed by atoms with Crippen LogP contribution in [0.1, 0.15) is 35.3 Å². The van der Waals surface area contributed by atoms with Gasteiger partial charge in [-0.05, 0) is 57.8 Å². The Morgan fingerprint density at radius 1 is 1.00 bits per heavy atom. The Labute approximate surface area is 160 Å². The Balaban J connectivity index is 2.25. The Morgan fingerprint density at radius 2 is 1.70 bits per heavy atom. The molecule has 144 valence electrons. The molecule has 0 aliphatic heterocycles. The maximum atomic E-state index is 12.5. The molecule has 0 atom stereocenters. The first-order chi connectivity index (χ1) is 12.9. The van der Waals surface area contributed by atoms with Crippen LogP contribution in [0, 0.1) is 0 Å². The average molecular weight is 369 g/mol. The summed E-state index contributed by atoms with van der Waals surface area (Å²) in [4.78, 5) is 18.7. The lowest BCUT2D eigenvalue weighted by Crippen LogP contribution is -2.17. The molecule has 0 bridgehead atoms. The number of carbonyl (C=O) groups is 1. The van der Waals surface area contributed by atoms with Crippen molar-refractivity contribution in [1.29, 1.82) is 0 Å². The van der Waals surface area contributed by atoms with Gasteiger partial charge >= 0.3 is 0 Å². The number of carbonyl (C=O) groups excluding carboxylic acids is 1. The maximum absolute atomic E-state index is 12.5. The molecule has 2 N–H and O–H groups in total. The maximum Gasteiger partial charge on any atom is 0.279 e. The molecule has 0 aromatic heterocycles. The number of hydrogen-bond acceptors (Lipinski definition) is 4. The van der Waals surface area contributed by atoms with Gasteiger partial charge in [-0.2, -0.15) is 4.99 Å². The Kier molecular flexibility index (Phi) is 7.37. The predicted molar refractivity (Wildman–Crippen MR) is 108 cm³/mol. The topological polar surface area (TPSA) is 77.1 Å². The van der Waals surface area contributed by atoms with Gasteiger partial charge in [0.1, 0.15) is 5.84 Å². The van der Waals surface area contributed by atoms with Crippen molar-refractivity contribution in [3.63, 3.8) is 0 Å². The number of aliphatic imine (C=N–C) groups is 1. The van der Waals surface area contributed by atoms with Crippen molar-refractivity contribution in [1.82, 2.24) is 4.90 Å². The van der Waals surface area contributed by atoms with Crippen molar-refractivity contribution in [2.75, 3.05) is 27.3 Å². The zero-order valence-corrected chi connectivity index (χ0v) is 16.4. The van der Waals surface area contributed by atoms with E-state index in [-0.39, 0.29) is 5.84 Å². The standard InChI is InChI=1S/C21H27N3O3/c1-5-26-18-11-10-17(13-19(18)27-6-2)21(25)23-20(22)16-9-7-8-15(12-16)14-24(3)4/h7-13H,5-6,14H2,1-4H3,(H2,22,23,25). The molecule has 0 spiro atoms. The summed E-state index contributed by atoms with van der Waals surface area (Å²) in [5, 5.41) is 0. The molecule has 0 saturated heterocycles. The minimum atomic E-state index is -0.422. The molecule has 2 aromatic carbocycles. The van der Waals surface area contributed by atoms with Crippen molar-refractivity contribution >= 4 is 11.7 Å². The molecule has 0 aliphatic carbocycles. The first-order valence-electron chi connectivity index (χ1n) is 8.96. The normalized spacial score (nSPS) is 11.5. The third-order valence-electron chi connectivity index (χ3n) is 3.73. The van der Waals surface area contributed by atoms with Crippen LogP contribution >= 0.6 is 0 Å². The predicted octanol–water partition coefficient (Wildman–Crippen LogP) is 3.09. The van der Waals surface area contributed by atoms with E-state index in [4.69, 9.17) is 15.2 Å². The number of hydrogen-bond donors (Lipinski definition) is 1. The summed E-state index contributed by atoms with van der Waals surface area (Å²) in [7, 11) is 3.99. The summed E-state index contributed by atoms with van der Waals surface area (Å²) >= 11 is 0. The Morgan fingerprint density at radius 3 is 2.37 bits per heavy atom. The van der Waals surface area contributed by atoms with Gasteiger partial charge in [0.15, 0.2) is 11.5 Å². The van der Waals surface area contributed by atoms with Gasteiger partial charge in [-0.1, -0.05) is 18.2 Å². The average Bonchev–Trinajstić information content (AvgIpc) is 2.63. The highest BCUT2D eigenvalue weighted by molar-refractivity contribution is 6.09. The molecule has 27 heavy (non-hydrogen) atoms. The second kappa shape index (κ2) is 9.73. The highest BCUT2D eigenvalue weighted by Crippen LogP contribution is 2.28. The zero-order valence-electron chi connectivity index (χ0n) is 16.4. The van der Waals surface area contributed by atoms with Crippen molar-refractivity contribution in [3.8, 4) is 11.5 Å². The molecule has 0 saturated carbocycles. The third-order valence-corrected chi connectivity index (χ3v) is 3.73. The van der Waals surface area contributed by atoms with Crippen LogP contribution in [0.5, 0.6) is 11.5 Å². The fraction of sp³-hybridized carbons (Fsp3) is 0.333. The van der Waals surface area contributed by atoms with E-state index < -0.39 is 5.91 Å². The van der Waals surface area contributed by atoms with Crippen LogP contribution in [-0.2, 0) is 6.54 Å². The molecule has 0 radical (unpaired) electrons. The molecule has 0 aliphatic rings. The smallest absolute Gasteiger partial charge is 0.279 e. The van der Waals surface area contributed by atoms with Gasteiger partial charge in [0, 0.05) is 17.7 Å². The molecule has 6 nitrogen and oxygen atoms in total. The van der Waals surface area contributed by atoms with Crippen molar-refractivity contribution in [2.24, 2.45) is 10.7 Å². The number of rotatable bonds is 8. The largest absolute Gasteiger partial charge is 0.490 e. The number of amidine groups is 1. The molecule has 0 unspecified atom stereocenters. The summed E-state index contributed by atoms with van der Waals surface area (Å²) < 4.78 is 11.1. The summed E-state index contributed by atoms with van der Waals surface area (Å²) in [6.07, 6.45) is 0. The Hall–Kier alpha value is -2.86. The van der Waals surface area contributed by atoms with Crippen LogP contribution in [-0.4, -0.2) is 44.0 Å². The SMILES string of the molecule is CCOc1ccc(C(=O)N=C(N)c2cccc(CN(C)C)c2)cc1OCC. The van der Waals surface area contributed by atoms with E-state index in [0.29, 0.717) is 30.3 Å². The number of ether oxygens (including phenoxy) is 2. The highest BCUT2D eigenvalue weighted by atomic mass is 16.5. The molecule has 2 aromatic rings. The van der Waals surface area contributed by atoms with Crippen LogP contribution in [0.3, 0.4) is 0 Å². The van der Waals surface area contributed by atoms with E-state index in [1.165, 1.54) is 0 Å². The first-order valence-corrected chi connectivity index (χ1v) is 8.96. The van der Waals surface area contributed by atoms with Crippen molar-refractivity contribution < 1.29 is 14.3 Å². The van der Waals surface area contributed by atoms with Gasteiger partial charge in [-0.3, -0.25) is 4.79 Å². The fourth-order valence-electron chi connectivity index (χ4n) is 2.62. The van der Waals surface area contributed by atoms with E-state index in [1.807, 2.05) is 52.2 Å². The van der Waals surface area contributed by atoms with Gasteiger partial charge < -0.3 is 20.1 Å². The number of nitrogens with zero attached hydrogens (tertiary/aromatic N) is 2. The minimum absolute atomic E-state index is 0.187. The van der Waals surface area contributed by atoms with Gasteiger partial charge in [0.2, 0.25) is 0 Å². The van der Waals surface area contributed by atoms with E-state index in [2.05, 4.69) is 9.89 Å². The van der Waals surface area contributed by atoms with Crippen molar-refractivity contribution in [3.05, 3.63) is 59.2 Å². The number of nitrogens with two attached hydrogens (primary N) is 1. The van der Waals surface area contributed by atoms with E-state index >= 15 is 0 Å². The van der Waals surface area contributed by atoms with Gasteiger partial charge in [0.05, 0.1) is 13.2 Å². The molecular weight excluding hydrogens is 342 g/mol. The fourth-order valence-corrected chi connectivity index (χ4v) is 2.62. The first kappa shape index (κ1) is 20.5. The summed E-state index contributed by atoms with van der Waals surface area (Å²) in [5.74, 6) is 0.887. The Bertz CT molecular complexity index is 816. The lowest BCUT2D eigenvalue weighted by molar-refractivity contribution is 0.100. The minimum Gasteiger partial charge on any atom is -0.490 e. The highest BCUT2D eigenvalue weighted by Gasteiger charge is 2.12. The van der Waals surface area contributed by atoms with Crippen LogP contribution in [0.15, 0.2) is 47.5 Å². The second-order valence-corrected chi connectivity index (χ2v) is 6.27. The van der Waals surface area contributed by atoms with Crippen LogP contribution in [0.25, 0.3) is 0 Å². The summed E-state index contributed by atoms with van der Waals surface area (Å²) in [6, 6.07) is 12.7. The molecule has 0 fully saturated rings. The van der Waals surface area contributed by atoms with Crippen LogP contribution < -0.4 is 15.2 Å². The zero-order chi connectivity index (χ0) is 19.8. The molecule has 6 heteroatoms. The molecule has 2 rings (SSSR count). The monoisotopic (exact) mass is 369 g/mol. The molecule has 1 amide bonds. The van der Waals surface area contributed by atoms with E-state index in [1.54, 1.807) is 18.2 Å². The van der Waals surface area contributed by atoms with Crippen LogP contribution in [0.2, 0.25) is 0 Å². The van der Waals surface area contributed by atoms with E-state index in [9.17, 15) is 4.79 Å². The van der Waals surface area contributed by atoms with Gasteiger partial charge in [-0.15, -0.1) is 0 Å². The van der Waals surface area contributed by atoms with Gasteiger partial charge in [-0.25, -0.2) is 0 Å². The van der Waals surface area contributed by atoms with Crippen molar-refractivity contribution in [2.45, 2.75) is 20.4 Å². The molecular formula is C21H27N3O3. The van der Waals surface area contributed by atoms with Gasteiger partial charge in [0.25, 0.3) is 5.91 Å². The summed E-state index contributed by atoms with van der Waals surface area (Å²) in [5.41, 5.74) is 8.29. The third kappa shape index (κ3) is 5.82. The molecule has 0 heterocycles. The van der Waals surface area contributed by atoms with Crippen LogP contribution in [0.4, 0.5) is 0 Å². The number of benzene rings is 2.